The van der Waals surface area contributed by atoms with Crippen molar-refractivity contribution in [2.45, 2.75) is 75.0 Å². The molecular weight excluding hydrogens is 602 g/mol. The molecule has 44 heavy (non-hydrogen) atoms. The summed E-state index contributed by atoms with van der Waals surface area (Å²) in [5.41, 5.74) is 1.33. The first kappa shape index (κ1) is 32.7. The second-order valence-corrected chi connectivity index (χ2v) is 13.0. The molecular formula is C30H39F4N5O4S. The lowest BCUT2D eigenvalue weighted by Gasteiger charge is -2.29. The Kier molecular flexibility index (Phi) is 10.5. The van der Waals surface area contributed by atoms with Crippen molar-refractivity contribution >= 4 is 23.6 Å². The number of hydrogen-bond donors (Lipinski definition) is 2. The number of piperidine rings is 2. The van der Waals surface area contributed by atoms with Crippen LogP contribution in [0.5, 0.6) is 0 Å². The summed E-state index contributed by atoms with van der Waals surface area (Å²) in [7, 11) is 0. The van der Waals surface area contributed by atoms with E-state index >= 15 is 0 Å². The van der Waals surface area contributed by atoms with Crippen LogP contribution in [0.3, 0.4) is 0 Å². The molecule has 1 aromatic carbocycles. The molecule has 2 N–H and O–H groups in total. The van der Waals surface area contributed by atoms with Gasteiger partial charge in [-0.05, 0) is 50.9 Å². The molecule has 9 nitrogen and oxygen atoms in total. The summed E-state index contributed by atoms with van der Waals surface area (Å²) in [6.07, 6.45) is -1.66. The van der Waals surface area contributed by atoms with E-state index in [0.717, 1.165) is 49.5 Å². The smallest absolute Gasteiger partial charge is 0.417 e. The number of aliphatic hydroxyl groups excluding tert-OH is 1. The topological polar surface area (TPSA) is 102 Å². The van der Waals surface area contributed by atoms with Gasteiger partial charge in [-0.25, -0.2) is 9.18 Å². The summed E-state index contributed by atoms with van der Waals surface area (Å²) in [4.78, 5) is 29.3. The average Bonchev–Trinajstić information content (AvgIpc) is 3.34. The predicted octanol–water partition coefficient (Wildman–Crippen LogP) is 3.91. The predicted molar refractivity (Wildman–Crippen MR) is 157 cm³/mol. The van der Waals surface area contributed by atoms with Crippen LogP contribution >= 0.6 is 11.8 Å². The summed E-state index contributed by atoms with van der Waals surface area (Å²) in [6, 6.07) is 3.84. The van der Waals surface area contributed by atoms with Gasteiger partial charge in [0, 0.05) is 66.6 Å². The number of amides is 1. The molecule has 0 radical (unpaired) electrons. The zero-order valence-corrected chi connectivity index (χ0v) is 25.4. The number of halogens is 4. The van der Waals surface area contributed by atoms with Gasteiger partial charge in [-0.15, -0.1) is 11.8 Å². The van der Waals surface area contributed by atoms with Gasteiger partial charge in [0.05, 0.1) is 30.5 Å². The Balaban J connectivity index is 1.42. The van der Waals surface area contributed by atoms with Gasteiger partial charge in [0.2, 0.25) is 0 Å². The number of carbonyl (C=O) groups excluding carboxylic acids is 1. The van der Waals surface area contributed by atoms with Crippen molar-refractivity contribution in [2.24, 2.45) is 0 Å². The fourth-order valence-corrected chi connectivity index (χ4v) is 7.43. The summed E-state index contributed by atoms with van der Waals surface area (Å²) in [6.45, 7) is 4.24. The largest absolute Gasteiger partial charge is 0.474 e. The van der Waals surface area contributed by atoms with Crippen molar-refractivity contribution in [1.82, 2.24) is 24.5 Å². The molecule has 14 heteroatoms. The molecule has 5 rings (SSSR count). The maximum absolute atomic E-state index is 14.0. The first-order chi connectivity index (χ1) is 21.0. The Bertz CT molecular complexity index is 1330. The molecule has 4 heterocycles. The molecule has 0 spiro atoms. The second-order valence-electron chi connectivity index (χ2n) is 11.8. The second kappa shape index (κ2) is 14.2. The third-order valence-electron chi connectivity index (χ3n) is 8.65. The Morgan fingerprint density at radius 2 is 1.75 bits per heavy atom. The number of carboxylic acids is 1. The highest BCUT2D eigenvalue weighted by atomic mass is 32.2. The quantitative estimate of drug-likeness (QED) is 0.242. The molecule has 1 aromatic heterocycles. The van der Waals surface area contributed by atoms with E-state index in [9.17, 15) is 37.4 Å². The third kappa shape index (κ3) is 7.93. The minimum atomic E-state index is -4.57. The number of thioether (sulfide) groups is 1. The number of fused-ring (bicyclic) bond motifs is 1. The number of aromatic nitrogens is 2. The summed E-state index contributed by atoms with van der Waals surface area (Å²) in [5, 5.41) is 25.0. The van der Waals surface area contributed by atoms with Crippen molar-refractivity contribution in [3.8, 4) is 11.3 Å². The Labute approximate surface area is 258 Å². The minimum absolute atomic E-state index is 0.0399. The van der Waals surface area contributed by atoms with E-state index in [-0.39, 0.29) is 24.5 Å². The van der Waals surface area contributed by atoms with Crippen LogP contribution in [-0.2, 0) is 35.3 Å². The standard InChI is InChI=1S/C30H39F4N5O4S/c31-21-6-11-36(12-7-21)14-15-44-26-16-20(4-5-24(26)30(32,33)34)27-23-19-38(28(41)29(42)43)13-8-25(23)39(35-27)18-22(40)17-37-9-2-1-3-10-37/h4-5,16,21-22,40H,1-3,6-15,17-19H2,(H,42,43)/t22-/m1/s1. The maximum atomic E-state index is 14.0. The molecule has 1 amide bonds. The number of carbonyl (C=O) groups is 2. The zero-order valence-electron chi connectivity index (χ0n) is 24.6. The van der Waals surface area contributed by atoms with Gasteiger partial charge in [-0.3, -0.25) is 9.48 Å². The van der Waals surface area contributed by atoms with Crippen molar-refractivity contribution in [3.05, 3.63) is 35.0 Å². The van der Waals surface area contributed by atoms with Gasteiger partial charge in [-0.2, -0.15) is 18.3 Å². The van der Waals surface area contributed by atoms with Gasteiger partial charge in [0.15, 0.2) is 0 Å². The number of β-amino-alcohol motifs (C(OH)–C–C–N with tert-alkyl or cyclic N) is 1. The number of hydrogen-bond acceptors (Lipinski definition) is 7. The van der Waals surface area contributed by atoms with E-state index in [4.69, 9.17) is 5.10 Å². The Hall–Kier alpha value is -2.68. The van der Waals surface area contributed by atoms with Crippen molar-refractivity contribution < 1.29 is 37.4 Å². The van der Waals surface area contributed by atoms with Crippen LogP contribution in [0.1, 0.15) is 48.9 Å². The molecule has 1 atom stereocenters. The first-order valence-electron chi connectivity index (χ1n) is 15.2. The number of rotatable bonds is 9. The van der Waals surface area contributed by atoms with Crippen LogP contribution < -0.4 is 0 Å². The molecule has 3 aliphatic rings. The molecule has 242 valence electrons. The Morgan fingerprint density at radius 1 is 1.02 bits per heavy atom. The van der Waals surface area contributed by atoms with Gasteiger partial charge in [0.25, 0.3) is 0 Å². The van der Waals surface area contributed by atoms with Gasteiger partial charge in [-0.1, -0.05) is 12.5 Å². The van der Waals surface area contributed by atoms with Gasteiger partial charge in [0.1, 0.15) is 6.17 Å². The van der Waals surface area contributed by atoms with E-state index in [1.54, 1.807) is 4.68 Å². The van der Waals surface area contributed by atoms with E-state index in [1.165, 1.54) is 23.5 Å². The van der Waals surface area contributed by atoms with E-state index in [1.807, 2.05) is 0 Å². The molecule has 0 saturated carbocycles. The molecule has 2 fully saturated rings. The van der Waals surface area contributed by atoms with Gasteiger partial charge >= 0.3 is 18.1 Å². The molecule has 0 bridgehead atoms. The maximum Gasteiger partial charge on any atom is 0.417 e. The number of likely N-dealkylation sites (tertiary alicyclic amines) is 2. The van der Waals surface area contributed by atoms with Crippen molar-refractivity contribution in [3.63, 3.8) is 0 Å². The fraction of sp³-hybridized carbons (Fsp3) is 0.633. The monoisotopic (exact) mass is 641 g/mol. The van der Waals surface area contributed by atoms with Crippen LogP contribution in [0.4, 0.5) is 17.6 Å². The lowest BCUT2D eigenvalue weighted by Crippen LogP contribution is -2.41. The number of benzene rings is 1. The fourth-order valence-electron chi connectivity index (χ4n) is 6.31. The number of aliphatic carboxylic acids is 1. The highest BCUT2D eigenvalue weighted by Crippen LogP contribution is 2.40. The number of aliphatic hydroxyl groups is 1. The summed E-state index contributed by atoms with van der Waals surface area (Å²) in [5.74, 6) is -2.25. The first-order valence-corrected chi connectivity index (χ1v) is 16.2. The summed E-state index contributed by atoms with van der Waals surface area (Å²) >= 11 is 1.08. The molecule has 2 saturated heterocycles. The molecule has 0 unspecified atom stereocenters. The SMILES string of the molecule is O=C(O)C(=O)N1CCc2c(c(-c3ccc(C(F)(F)F)c(SCCN4CCC(F)CC4)c3)nn2C[C@H](O)CN2CCCCC2)C1. The Morgan fingerprint density at radius 3 is 2.43 bits per heavy atom. The van der Waals surface area contributed by atoms with Crippen LogP contribution in [0, 0.1) is 0 Å². The lowest BCUT2D eigenvalue weighted by atomic mass is 9.99. The van der Waals surface area contributed by atoms with Crippen LogP contribution in [0.15, 0.2) is 23.1 Å². The zero-order chi connectivity index (χ0) is 31.4. The lowest BCUT2D eigenvalue weighted by molar-refractivity contribution is -0.156. The molecule has 3 aliphatic heterocycles. The van der Waals surface area contributed by atoms with E-state index in [0.29, 0.717) is 68.0 Å². The van der Waals surface area contributed by atoms with Crippen molar-refractivity contribution in [1.29, 1.82) is 0 Å². The van der Waals surface area contributed by atoms with Crippen LogP contribution in [0.2, 0.25) is 0 Å². The van der Waals surface area contributed by atoms with Gasteiger partial charge < -0.3 is 24.9 Å². The van der Waals surface area contributed by atoms with Crippen LogP contribution in [0.25, 0.3) is 11.3 Å². The third-order valence-corrected chi connectivity index (χ3v) is 9.68. The van der Waals surface area contributed by atoms with Crippen molar-refractivity contribution in [2.75, 3.05) is 51.6 Å². The minimum Gasteiger partial charge on any atom is -0.474 e. The van der Waals surface area contributed by atoms with E-state index < -0.39 is 35.9 Å². The number of alkyl halides is 4. The highest BCUT2D eigenvalue weighted by Gasteiger charge is 2.35. The molecule has 2 aromatic rings. The van der Waals surface area contributed by atoms with E-state index in [2.05, 4.69) is 9.80 Å². The summed E-state index contributed by atoms with van der Waals surface area (Å²) < 4.78 is 57.2. The average molecular weight is 642 g/mol. The molecule has 0 aliphatic carbocycles. The number of nitrogens with zero attached hydrogens (tertiary/aromatic N) is 5. The normalized spacial score (nSPS) is 19.6. The van der Waals surface area contributed by atoms with Crippen LogP contribution in [-0.4, -0.2) is 110 Å². The highest BCUT2D eigenvalue weighted by molar-refractivity contribution is 7.99. The number of carboxylic acid groups (broad SMARTS) is 1.